The molecule has 0 aromatic heterocycles. The van der Waals surface area contributed by atoms with Crippen LogP contribution in [0.2, 0.25) is 0 Å². The van der Waals surface area contributed by atoms with Gasteiger partial charge in [0.1, 0.15) is 11.6 Å². The van der Waals surface area contributed by atoms with E-state index in [9.17, 15) is 9.18 Å². The van der Waals surface area contributed by atoms with Gasteiger partial charge in [-0.1, -0.05) is 36.8 Å². The van der Waals surface area contributed by atoms with E-state index in [0.717, 1.165) is 22.4 Å². The van der Waals surface area contributed by atoms with Crippen LogP contribution >= 0.6 is 0 Å². The molecule has 1 amide bonds. The van der Waals surface area contributed by atoms with Crippen molar-refractivity contribution in [1.82, 2.24) is 5.32 Å². The van der Waals surface area contributed by atoms with Gasteiger partial charge in [-0.15, -0.1) is 0 Å². The number of halogens is 1. The lowest BCUT2D eigenvalue weighted by molar-refractivity contribution is -0.128. The summed E-state index contributed by atoms with van der Waals surface area (Å²) in [6.45, 7) is 6.24. The van der Waals surface area contributed by atoms with Gasteiger partial charge in [-0.3, -0.25) is 4.79 Å². The summed E-state index contributed by atoms with van der Waals surface area (Å²) in [6.07, 6.45) is 0.0274. The van der Waals surface area contributed by atoms with Gasteiger partial charge < -0.3 is 10.1 Å². The van der Waals surface area contributed by atoms with Crippen molar-refractivity contribution in [1.29, 1.82) is 0 Å². The molecule has 0 saturated heterocycles. The third-order valence-corrected chi connectivity index (χ3v) is 3.64. The fourth-order valence-electron chi connectivity index (χ4n) is 2.31. The number of carbonyl (C=O) groups is 1. The molecule has 4 heteroatoms. The quantitative estimate of drug-likeness (QED) is 0.877. The fourth-order valence-corrected chi connectivity index (χ4v) is 2.31. The second-order valence-electron chi connectivity index (χ2n) is 5.63. The van der Waals surface area contributed by atoms with Gasteiger partial charge in [-0.05, 0) is 49.6 Å². The van der Waals surface area contributed by atoms with Crippen LogP contribution in [0.1, 0.15) is 30.0 Å². The van der Waals surface area contributed by atoms with Crippen molar-refractivity contribution in [2.45, 2.75) is 39.8 Å². The van der Waals surface area contributed by atoms with E-state index in [1.165, 1.54) is 12.1 Å². The van der Waals surface area contributed by atoms with Crippen LogP contribution in [-0.4, -0.2) is 12.0 Å². The molecule has 23 heavy (non-hydrogen) atoms. The maximum absolute atomic E-state index is 12.9. The molecule has 0 spiro atoms. The minimum atomic E-state index is -0.545. The van der Waals surface area contributed by atoms with Gasteiger partial charge in [0.2, 0.25) is 0 Å². The number of ether oxygens (including phenoxy) is 1. The van der Waals surface area contributed by atoms with Crippen molar-refractivity contribution >= 4 is 5.91 Å². The van der Waals surface area contributed by atoms with E-state index in [-0.39, 0.29) is 11.7 Å². The normalized spacial score (nSPS) is 11.8. The molecule has 0 aliphatic carbocycles. The fraction of sp³-hybridized carbons (Fsp3) is 0.316. The van der Waals surface area contributed by atoms with E-state index in [0.29, 0.717) is 13.0 Å². The van der Waals surface area contributed by atoms with Crippen LogP contribution in [0.5, 0.6) is 5.75 Å². The zero-order valence-corrected chi connectivity index (χ0v) is 13.7. The summed E-state index contributed by atoms with van der Waals surface area (Å²) in [5, 5.41) is 2.83. The number of hydrogen-bond acceptors (Lipinski definition) is 2. The maximum Gasteiger partial charge on any atom is 0.261 e. The van der Waals surface area contributed by atoms with Crippen molar-refractivity contribution < 1.29 is 13.9 Å². The predicted molar refractivity (Wildman–Crippen MR) is 88.9 cm³/mol. The molecule has 0 fully saturated rings. The average Bonchev–Trinajstić information content (AvgIpc) is 2.53. The number of aryl methyl sites for hydroxylation is 2. The highest BCUT2D eigenvalue weighted by molar-refractivity contribution is 5.81. The van der Waals surface area contributed by atoms with Crippen LogP contribution in [-0.2, 0) is 11.3 Å². The number of nitrogens with one attached hydrogen (secondary N) is 1. The minimum Gasteiger partial charge on any atom is -0.480 e. The topological polar surface area (TPSA) is 38.3 Å². The van der Waals surface area contributed by atoms with Crippen molar-refractivity contribution in [2.75, 3.05) is 0 Å². The lowest BCUT2D eigenvalue weighted by Crippen LogP contribution is -2.37. The second kappa shape index (κ2) is 7.77. The molecular formula is C19H22FNO2. The highest BCUT2D eigenvalue weighted by Gasteiger charge is 2.18. The lowest BCUT2D eigenvalue weighted by atomic mass is 10.1. The van der Waals surface area contributed by atoms with E-state index in [1.807, 2.05) is 39.0 Å². The first kappa shape index (κ1) is 17.0. The molecule has 122 valence electrons. The minimum absolute atomic E-state index is 0.170. The molecule has 2 rings (SSSR count). The van der Waals surface area contributed by atoms with Gasteiger partial charge in [0.15, 0.2) is 6.10 Å². The molecule has 0 bridgehead atoms. The Morgan fingerprint density at radius 1 is 1.17 bits per heavy atom. The third-order valence-electron chi connectivity index (χ3n) is 3.64. The van der Waals surface area contributed by atoms with Crippen molar-refractivity contribution in [3.63, 3.8) is 0 Å². The molecular weight excluding hydrogens is 293 g/mol. The summed E-state index contributed by atoms with van der Waals surface area (Å²) in [5.74, 6) is 0.265. The number of benzene rings is 2. The van der Waals surface area contributed by atoms with Gasteiger partial charge in [0.25, 0.3) is 5.91 Å². The Morgan fingerprint density at radius 2 is 1.87 bits per heavy atom. The summed E-state index contributed by atoms with van der Waals surface area (Å²) in [4.78, 5) is 12.3. The van der Waals surface area contributed by atoms with Gasteiger partial charge in [-0.25, -0.2) is 4.39 Å². The van der Waals surface area contributed by atoms with Crippen LogP contribution in [0, 0.1) is 19.7 Å². The van der Waals surface area contributed by atoms with Crippen LogP contribution in [0.15, 0.2) is 42.5 Å². The molecule has 0 unspecified atom stereocenters. The van der Waals surface area contributed by atoms with Crippen molar-refractivity contribution in [3.05, 3.63) is 65.0 Å². The molecule has 2 aromatic carbocycles. The maximum atomic E-state index is 12.9. The molecule has 1 atom stereocenters. The van der Waals surface area contributed by atoms with E-state index in [4.69, 9.17) is 4.74 Å². The van der Waals surface area contributed by atoms with E-state index >= 15 is 0 Å². The monoisotopic (exact) mass is 315 g/mol. The summed E-state index contributed by atoms with van der Waals surface area (Å²) in [6, 6.07) is 11.9. The van der Waals surface area contributed by atoms with E-state index in [2.05, 4.69) is 5.32 Å². The van der Waals surface area contributed by atoms with Crippen LogP contribution in [0.4, 0.5) is 4.39 Å². The van der Waals surface area contributed by atoms with Crippen LogP contribution < -0.4 is 10.1 Å². The highest BCUT2D eigenvalue weighted by atomic mass is 19.1. The Morgan fingerprint density at radius 3 is 2.48 bits per heavy atom. The number of amides is 1. The lowest BCUT2D eigenvalue weighted by Gasteiger charge is -2.19. The van der Waals surface area contributed by atoms with Crippen LogP contribution in [0.3, 0.4) is 0 Å². The summed E-state index contributed by atoms with van der Waals surface area (Å²) in [5.41, 5.74) is 3.01. The largest absolute Gasteiger partial charge is 0.480 e. The first-order valence-corrected chi connectivity index (χ1v) is 7.75. The third kappa shape index (κ3) is 4.81. The summed E-state index contributed by atoms with van der Waals surface area (Å²) in [7, 11) is 0. The van der Waals surface area contributed by atoms with E-state index in [1.54, 1.807) is 12.1 Å². The number of carbonyl (C=O) groups excluding carboxylic acids is 1. The smallest absolute Gasteiger partial charge is 0.261 e. The Bertz CT molecular complexity index is 668. The molecule has 2 aromatic rings. The first-order chi connectivity index (χ1) is 11.0. The Kier molecular flexibility index (Phi) is 5.74. The SMILES string of the molecule is CC[C@@H](Oc1ccc(C)cc1C)C(=O)NCc1ccc(F)cc1. The Hall–Kier alpha value is -2.36. The van der Waals surface area contributed by atoms with Gasteiger partial charge >= 0.3 is 0 Å². The molecule has 0 heterocycles. The summed E-state index contributed by atoms with van der Waals surface area (Å²) >= 11 is 0. The highest BCUT2D eigenvalue weighted by Crippen LogP contribution is 2.21. The molecule has 3 nitrogen and oxygen atoms in total. The van der Waals surface area contributed by atoms with Crippen molar-refractivity contribution in [2.24, 2.45) is 0 Å². The first-order valence-electron chi connectivity index (χ1n) is 7.75. The zero-order chi connectivity index (χ0) is 16.8. The number of hydrogen-bond donors (Lipinski definition) is 1. The van der Waals surface area contributed by atoms with Crippen molar-refractivity contribution in [3.8, 4) is 5.75 Å². The summed E-state index contributed by atoms with van der Waals surface area (Å²) < 4.78 is 18.7. The average molecular weight is 315 g/mol. The number of rotatable bonds is 6. The Labute approximate surface area is 136 Å². The van der Waals surface area contributed by atoms with Gasteiger partial charge in [0.05, 0.1) is 0 Å². The zero-order valence-electron chi connectivity index (χ0n) is 13.7. The molecule has 0 aliphatic rings. The van der Waals surface area contributed by atoms with E-state index < -0.39 is 6.10 Å². The van der Waals surface area contributed by atoms with Gasteiger partial charge in [0, 0.05) is 6.54 Å². The standard InChI is InChI=1S/C19H22FNO2/c1-4-17(23-18-10-5-13(2)11-14(18)3)19(22)21-12-15-6-8-16(20)9-7-15/h5-11,17H,4,12H2,1-3H3,(H,21,22)/t17-/m1/s1. The predicted octanol–water partition coefficient (Wildman–Crippen LogP) is 3.92. The molecule has 0 aliphatic heterocycles. The second-order valence-corrected chi connectivity index (χ2v) is 5.63. The molecule has 0 radical (unpaired) electrons. The van der Waals surface area contributed by atoms with Crippen LogP contribution in [0.25, 0.3) is 0 Å². The Balaban J connectivity index is 1.96. The molecule has 1 N–H and O–H groups in total. The van der Waals surface area contributed by atoms with Gasteiger partial charge in [-0.2, -0.15) is 0 Å². The molecule has 0 saturated carbocycles.